The molecule has 0 saturated carbocycles. The average Bonchev–Trinajstić information content (AvgIpc) is 2.95. The van der Waals surface area contributed by atoms with E-state index in [0.717, 1.165) is 32.5 Å². The van der Waals surface area contributed by atoms with Gasteiger partial charge >= 0.3 is 0 Å². The fourth-order valence-electron chi connectivity index (χ4n) is 4.08. The van der Waals surface area contributed by atoms with Crippen LogP contribution in [0.5, 0.6) is 0 Å². The van der Waals surface area contributed by atoms with Crippen LogP contribution in [0.3, 0.4) is 0 Å². The SMILES string of the molecule is CN1CCC2=C(C1)N(Cc1ccc(C(=O)NO)cc1)C1CC=CC=C21. The van der Waals surface area contributed by atoms with E-state index < -0.39 is 5.91 Å². The highest BCUT2D eigenvalue weighted by Gasteiger charge is 2.37. The maximum Gasteiger partial charge on any atom is 0.274 e. The molecule has 1 unspecified atom stereocenters. The average molecular weight is 337 g/mol. The number of nitrogens with one attached hydrogen (secondary N) is 1. The Morgan fingerprint density at radius 2 is 2.12 bits per heavy atom. The molecule has 0 spiro atoms. The lowest BCUT2D eigenvalue weighted by atomic mass is 9.92. The van der Waals surface area contributed by atoms with Gasteiger partial charge in [0.25, 0.3) is 5.91 Å². The normalized spacial score (nSPS) is 22.6. The molecule has 1 aliphatic carbocycles. The fraction of sp³-hybridized carbons (Fsp3) is 0.350. The van der Waals surface area contributed by atoms with Crippen molar-refractivity contribution >= 4 is 5.91 Å². The maximum absolute atomic E-state index is 11.5. The summed E-state index contributed by atoms with van der Waals surface area (Å²) in [5, 5.41) is 8.74. The van der Waals surface area contributed by atoms with Crippen molar-refractivity contribution in [1.29, 1.82) is 0 Å². The number of hydrogen-bond acceptors (Lipinski definition) is 4. The van der Waals surface area contributed by atoms with Crippen LogP contribution < -0.4 is 5.48 Å². The van der Waals surface area contributed by atoms with Crippen molar-refractivity contribution in [3.63, 3.8) is 0 Å². The Kier molecular flexibility index (Phi) is 4.19. The van der Waals surface area contributed by atoms with Crippen molar-refractivity contribution in [3.05, 3.63) is 70.5 Å². The second-order valence-electron chi connectivity index (χ2n) is 6.98. The van der Waals surface area contributed by atoms with Gasteiger partial charge in [0, 0.05) is 30.9 Å². The predicted octanol–water partition coefficient (Wildman–Crippen LogP) is 2.47. The Balaban J connectivity index is 1.60. The van der Waals surface area contributed by atoms with E-state index in [1.165, 1.54) is 22.4 Å². The van der Waals surface area contributed by atoms with Crippen molar-refractivity contribution in [2.75, 3.05) is 20.1 Å². The number of fused-ring (bicyclic) bond motifs is 2. The molecule has 5 heteroatoms. The van der Waals surface area contributed by atoms with Crippen LogP contribution in [-0.4, -0.2) is 47.1 Å². The molecule has 2 aliphatic heterocycles. The van der Waals surface area contributed by atoms with E-state index in [9.17, 15) is 4.79 Å². The summed E-state index contributed by atoms with van der Waals surface area (Å²) >= 11 is 0. The number of rotatable bonds is 3. The first-order valence-corrected chi connectivity index (χ1v) is 8.75. The summed E-state index contributed by atoms with van der Waals surface area (Å²) in [6, 6.07) is 7.89. The standard InChI is InChI=1S/C20H23N3O2/c1-22-11-10-17-16-4-2-3-5-18(16)23(19(17)13-22)12-14-6-8-15(9-7-14)20(24)21-25/h2-4,6-9,18,25H,5,10-13H2,1H3,(H,21,24). The Morgan fingerprint density at radius 1 is 1.32 bits per heavy atom. The molecule has 2 N–H and O–H groups in total. The van der Waals surface area contributed by atoms with E-state index in [2.05, 4.69) is 35.1 Å². The first-order valence-electron chi connectivity index (χ1n) is 8.75. The summed E-state index contributed by atoms with van der Waals surface area (Å²) < 4.78 is 0. The van der Waals surface area contributed by atoms with Gasteiger partial charge in [0.05, 0.1) is 6.04 Å². The van der Waals surface area contributed by atoms with Crippen molar-refractivity contribution in [1.82, 2.24) is 15.3 Å². The van der Waals surface area contributed by atoms with Gasteiger partial charge in [0.15, 0.2) is 0 Å². The van der Waals surface area contributed by atoms with Gasteiger partial charge in [-0.1, -0.05) is 30.4 Å². The molecule has 1 aromatic rings. The van der Waals surface area contributed by atoms with Gasteiger partial charge in [-0.2, -0.15) is 0 Å². The number of likely N-dealkylation sites (N-methyl/N-ethyl adjacent to an activating group) is 1. The van der Waals surface area contributed by atoms with Crippen LogP contribution in [0.2, 0.25) is 0 Å². The molecule has 130 valence electrons. The molecule has 0 radical (unpaired) electrons. The third kappa shape index (κ3) is 2.90. The number of allylic oxidation sites excluding steroid dienone is 2. The lowest BCUT2D eigenvalue weighted by molar-refractivity contribution is 0.0706. The lowest BCUT2D eigenvalue weighted by Crippen LogP contribution is -2.36. The molecule has 5 nitrogen and oxygen atoms in total. The minimum atomic E-state index is -0.478. The Morgan fingerprint density at radius 3 is 2.88 bits per heavy atom. The monoisotopic (exact) mass is 337 g/mol. The van der Waals surface area contributed by atoms with Crippen LogP contribution in [0.25, 0.3) is 0 Å². The topological polar surface area (TPSA) is 55.8 Å². The molecule has 1 aromatic carbocycles. The van der Waals surface area contributed by atoms with E-state index in [1.54, 1.807) is 17.6 Å². The Hall–Kier alpha value is -2.37. The summed E-state index contributed by atoms with van der Waals surface area (Å²) in [5.74, 6) is -0.478. The summed E-state index contributed by atoms with van der Waals surface area (Å²) in [6.07, 6.45) is 8.88. The number of carbonyl (C=O) groups excluding carboxylic acids is 1. The van der Waals surface area contributed by atoms with E-state index in [-0.39, 0.29) is 0 Å². The molecule has 4 rings (SSSR count). The quantitative estimate of drug-likeness (QED) is 0.657. The van der Waals surface area contributed by atoms with Gasteiger partial charge in [-0.3, -0.25) is 10.0 Å². The Labute approximate surface area is 147 Å². The highest BCUT2D eigenvalue weighted by atomic mass is 16.5. The van der Waals surface area contributed by atoms with Crippen molar-refractivity contribution in [2.45, 2.75) is 25.4 Å². The van der Waals surface area contributed by atoms with Crippen molar-refractivity contribution < 1.29 is 10.0 Å². The van der Waals surface area contributed by atoms with Gasteiger partial charge < -0.3 is 9.80 Å². The van der Waals surface area contributed by atoms with Crippen LogP contribution in [0.4, 0.5) is 0 Å². The zero-order chi connectivity index (χ0) is 17.4. The fourth-order valence-corrected chi connectivity index (χ4v) is 4.08. The predicted molar refractivity (Wildman–Crippen MR) is 96.0 cm³/mol. The van der Waals surface area contributed by atoms with Gasteiger partial charge in [0.2, 0.25) is 0 Å². The zero-order valence-corrected chi connectivity index (χ0v) is 14.4. The molecule has 1 amide bonds. The highest BCUT2D eigenvalue weighted by molar-refractivity contribution is 5.93. The van der Waals surface area contributed by atoms with Gasteiger partial charge in [-0.15, -0.1) is 0 Å². The molecular formula is C20H23N3O2. The second kappa shape index (κ2) is 6.50. The number of hydroxylamine groups is 1. The number of hydrogen-bond donors (Lipinski definition) is 2. The first kappa shape index (κ1) is 16.1. The summed E-state index contributed by atoms with van der Waals surface area (Å²) in [6.45, 7) is 2.95. The molecule has 0 fully saturated rings. The first-order chi connectivity index (χ1) is 12.2. The minimum Gasteiger partial charge on any atom is -0.362 e. The third-order valence-corrected chi connectivity index (χ3v) is 5.38. The second-order valence-corrected chi connectivity index (χ2v) is 6.98. The molecule has 3 aliphatic rings. The molecule has 25 heavy (non-hydrogen) atoms. The van der Waals surface area contributed by atoms with E-state index in [4.69, 9.17) is 5.21 Å². The maximum atomic E-state index is 11.5. The van der Waals surface area contributed by atoms with E-state index >= 15 is 0 Å². The van der Waals surface area contributed by atoms with Crippen molar-refractivity contribution in [2.24, 2.45) is 0 Å². The van der Waals surface area contributed by atoms with Crippen molar-refractivity contribution in [3.8, 4) is 0 Å². The van der Waals surface area contributed by atoms with Crippen LogP contribution in [0.1, 0.15) is 28.8 Å². The molecule has 0 bridgehead atoms. The summed E-state index contributed by atoms with van der Waals surface area (Å²) in [4.78, 5) is 16.4. The number of benzene rings is 1. The molecule has 2 heterocycles. The minimum absolute atomic E-state index is 0.432. The molecule has 0 saturated heterocycles. The number of amides is 1. The zero-order valence-electron chi connectivity index (χ0n) is 14.4. The lowest BCUT2D eigenvalue weighted by Gasteiger charge is -2.33. The van der Waals surface area contributed by atoms with Crippen LogP contribution in [-0.2, 0) is 6.54 Å². The van der Waals surface area contributed by atoms with Crippen LogP contribution >= 0.6 is 0 Å². The number of carbonyl (C=O) groups is 1. The largest absolute Gasteiger partial charge is 0.362 e. The summed E-state index contributed by atoms with van der Waals surface area (Å²) in [7, 11) is 2.18. The number of nitrogens with zero attached hydrogens (tertiary/aromatic N) is 2. The van der Waals surface area contributed by atoms with E-state index in [0.29, 0.717) is 11.6 Å². The van der Waals surface area contributed by atoms with Gasteiger partial charge in [0.1, 0.15) is 0 Å². The third-order valence-electron chi connectivity index (χ3n) is 5.38. The molecule has 1 atom stereocenters. The van der Waals surface area contributed by atoms with Crippen LogP contribution in [0.15, 0.2) is 59.3 Å². The van der Waals surface area contributed by atoms with E-state index in [1.807, 2.05) is 12.1 Å². The summed E-state index contributed by atoms with van der Waals surface area (Å²) in [5.41, 5.74) is 7.78. The molecular weight excluding hydrogens is 314 g/mol. The highest BCUT2D eigenvalue weighted by Crippen LogP contribution is 2.41. The smallest absolute Gasteiger partial charge is 0.274 e. The molecule has 0 aromatic heterocycles. The van der Waals surface area contributed by atoms with Crippen LogP contribution in [0, 0.1) is 0 Å². The van der Waals surface area contributed by atoms with Gasteiger partial charge in [-0.25, -0.2) is 5.48 Å². The Bertz CT molecular complexity index is 777. The van der Waals surface area contributed by atoms with Gasteiger partial charge in [-0.05, 0) is 48.7 Å².